The predicted octanol–water partition coefficient (Wildman–Crippen LogP) is 12.3. The lowest BCUT2D eigenvalue weighted by molar-refractivity contribution is -0.0561. The molecule has 7 atom stereocenters. The van der Waals surface area contributed by atoms with Crippen LogP contribution in [0.15, 0.2) is 0 Å². The first-order valence-corrected chi connectivity index (χ1v) is 17.9. The molecule has 0 heterocycles. The van der Waals surface area contributed by atoms with Gasteiger partial charge in [-0.15, -0.1) is 11.6 Å². The van der Waals surface area contributed by atoms with Crippen LogP contribution in [0.4, 0.5) is 0 Å². The van der Waals surface area contributed by atoms with Gasteiger partial charge in [0, 0.05) is 19.1 Å². The van der Waals surface area contributed by atoms with E-state index in [1.54, 1.807) is 0 Å². The van der Waals surface area contributed by atoms with Crippen molar-refractivity contribution >= 4 is 11.6 Å². The fourth-order valence-electron chi connectivity index (χ4n) is 7.14. The van der Waals surface area contributed by atoms with Crippen molar-refractivity contribution in [1.82, 2.24) is 0 Å². The molecule has 0 bridgehead atoms. The normalized spacial score (nSPS) is 17.5. The summed E-state index contributed by atoms with van der Waals surface area (Å²) in [5, 5.41) is 0. The number of hydrogen-bond acceptors (Lipinski definition) is 2. The predicted molar refractivity (Wildman–Crippen MR) is 176 cm³/mol. The summed E-state index contributed by atoms with van der Waals surface area (Å²) in [6, 6.07) is 0. The zero-order valence-corrected chi connectivity index (χ0v) is 28.8. The van der Waals surface area contributed by atoms with Crippen molar-refractivity contribution in [3.8, 4) is 0 Å². The van der Waals surface area contributed by atoms with Gasteiger partial charge in [-0.25, -0.2) is 0 Å². The third kappa shape index (κ3) is 26.8. The Labute approximate surface area is 252 Å². The molecular weight excluding hydrogens is 500 g/mol. The maximum absolute atomic E-state index is 5.87. The average molecular weight is 573 g/mol. The van der Waals surface area contributed by atoms with Gasteiger partial charge in [0.1, 0.15) is 6.79 Å². The first kappa shape index (κ1) is 39.2. The molecule has 0 aliphatic rings. The highest BCUT2D eigenvalue weighted by atomic mass is 35.5. The maximum Gasteiger partial charge on any atom is 0.146 e. The fourth-order valence-corrected chi connectivity index (χ4v) is 7.29. The third-order valence-electron chi connectivity index (χ3n) is 8.70. The van der Waals surface area contributed by atoms with E-state index in [0.717, 1.165) is 66.9 Å². The monoisotopic (exact) mass is 573 g/mol. The van der Waals surface area contributed by atoms with Crippen molar-refractivity contribution in [3.63, 3.8) is 0 Å². The van der Waals surface area contributed by atoms with E-state index in [1.807, 2.05) is 0 Å². The van der Waals surface area contributed by atoms with Crippen molar-refractivity contribution in [3.05, 3.63) is 0 Å². The number of ether oxygens (including phenoxy) is 2. The minimum atomic E-state index is 0.474. The Morgan fingerprint density at radius 1 is 0.436 bits per heavy atom. The van der Waals surface area contributed by atoms with E-state index in [2.05, 4.69) is 55.4 Å². The van der Waals surface area contributed by atoms with E-state index < -0.39 is 0 Å². The van der Waals surface area contributed by atoms with Crippen LogP contribution in [0.25, 0.3) is 0 Å². The molecule has 0 aromatic carbocycles. The van der Waals surface area contributed by atoms with Crippen LogP contribution in [0.5, 0.6) is 0 Å². The molecule has 0 rings (SSSR count). The minimum absolute atomic E-state index is 0.474. The molecule has 0 N–H and O–H groups in total. The molecule has 7 unspecified atom stereocenters. The second-order valence-electron chi connectivity index (χ2n) is 14.2. The van der Waals surface area contributed by atoms with Crippen LogP contribution in [0.2, 0.25) is 0 Å². The molecule has 0 amide bonds. The first-order valence-electron chi connectivity index (χ1n) is 17.4. The molecule has 0 aromatic rings. The van der Waals surface area contributed by atoms with Gasteiger partial charge in [-0.2, -0.15) is 0 Å². The van der Waals surface area contributed by atoms with E-state index >= 15 is 0 Å². The summed E-state index contributed by atoms with van der Waals surface area (Å²) in [7, 11) is 0. The molecule has 0 saturated carbocycles. The van der Waals surface area contributed by atoms with E-state index in [0.29, 0.717) is 6.79 Å². The minimum Gasteiger partial charge on any atom is -0.355 e. The van der Waals surface area contributed by atoms with Crippen molar-refractivity contribution in [2.75, 3.05) is 25.9 Å². The van der Waals surface area contributed by atoms with Gasteiger partial charge in [0.2, 0.25) is 0 Å². The Hall–Kier alpha value is 0.210. The van der Waals surface area contributed by atoms with Crippen LogP contribution in [-0.4, -0.2) is 25.9 Å². The number of hydrogen-bond donors (Lipinski definition) is 0. The Bertz CT molecular complexity index is 498. The summed E-state index contributed by atoms with van der Waals surface area (Å²) in [5.41, 5.74) is 0. The number of alkyl halides is 1. The van der Waals surface area contributed by atoms with Crippen LogP contribution in [0.3, 0.4) is 0 Å². The number of halogens is 1. The Balaban J connectivity index is 3.80. The Kier molecular flexibility index (Phi) is 27.2. The van der Waals surface area contributed by atoms with E-state index in [1.165, 1.54) is 103 Å². The van der Waals surface area contributed by atoms with Crippen molar-refractivity contribution < 1.29 is 9.47 Å². The summed E-state index contributed by atoms with van der Waals surface area (Å²) in [4.78, 5) is 0. The van der Waals surface area contributed by atoms with E-state index in [9.17, 15) is 0 Å². The molecule has 0 saturated heterocycles. The summed E-state index contributed by atoms with van der Waals surface area (Å²) in [5.74, 6) is 6.59. The summed E-state index contributed by atoms with van der Waals surface area (Å²) < 4.78 is 11.4. The smallest absolute Gasteiger partial charge is 0.146 e. The van der Waals surface area contributed by atoms with Gasteiger partial charge in [0.25, 0.3) is 0 Å². The molecule has 0 fully saturated rings. The molecule has 3 heteroatoms. The van der Waals surface area contributed by atoms with Gasteiger partial charge >= 0.3 is 0 Å². The fraction of sp³-hybridized carbons (Fsp3) is 1.00. The van der Waals surface area contributed by atoms with E-state index in [4.69, 9.17) is 21.1 Å². The van der Waals surface area contributed by atoms with Crippen LogP contribution in [0.1, 0.15) is 165 Å². The highest BCUT2D eigenvalue weighted by molar-refractivity contribution is 6.17. The summed E-state index contributed by atoms with van der Waals surface area (Å²) in [6.45, 7) is 21.7. The second-order valence-corrected chi connectivity index (χ2v) is 14.6. The van der Waals surface area contributed by atoms with Crippen molar-refractivity contribution in [1.29, 1.82) is 0 Å². The van der Waals surface area contributed by atoms with Gasteiger partial charge in [-0.05, 0) is 112 Å². The lowest BCUT2D eigenvalue weighted by Gasteiger charge is -2.26. The highest BCUT2D eigenvalue weighted by Gasteiger charge is 2.18. The zero-order chi connectivity index (χ0) is 29.3. The zero-order valence-electron chi connectivity index (χ0n) is 28.1. The van der Waals surface area contributed by atoms with E-state index in [-0.39, 0.29) is 0 Å². The van der Waals surface area contributed by atoms with Gasteiger partial charge in [0.15, 0.2) is 0 Å². The number of unbranched alkanes of at least 4 members (excludes halogenated alkanes) is 6. The lowest BCUT2D eigenvalue weighted by Crippen LogP contribution is -2.14. The van der Waals surface area contributed by atoms with Crippen LogP contribution < -0.4 is 0 Å². The molecule has 39 heavy (non-hydrogen) atoms. The molecule has 2 nitrogen and oxygen atoms in total. The van der Waals surface area contributed by atoms with Crippen LogP contribution in [0, 0.1) is 41.4 Å². The topological polar surface area (TPSA) is 18.5 Å². The summed E-state index contributed by atoms with van der Waals surface area (Å²) in [6.07, 6.45) is 22.4. The standard InChI is InChI=1S/C36H73ClO2/c1-9-10-11-12-13-14-15-21-38-29-39-22-17-19-31(3)24-33(5)26-35(7)28-36(8)27-34(6)25-32(4)23-30(2)18-16-20-37/h30-36H,9-29H2,1-8H3. The van der Waals surface area contributed by atoms with Gasteiger partial charge in [0.05, 0.1) is 0 Å². The SMILES string of the molecule is CCCCCCCCCOCOCCCC(C)CC(C)CC(C)CC(C)CC(C)CC(C)CC(C)CCCCl. The van der Waals surface area contributed by atoms with Crippen molar-refractivity contribution in [2.24, 2.45) is 41.4 Å². The summed E-state index contributed by atoms with van der Waals surface area (Å²) >= 11 is 5.87. The Morgan fingerprint density at radius 3 is 1.23 bits per heavy atom. The lowest BCUT2D eigenvalue weighted by atomic mass is 9.80. The molecule has 0 aromatic heterocycles. The van der Waals surface area contributed by atoms with Crippen molar-refractivity contribution in [2.45, 2.75) is 165 Å². The third-order valence-corrected chi connectivity index (χ3v) is 8.97. The average Bonchev–Trinajstić information content (AvgIpc) is 2.84. The first-order chi connectivity index (χ1) is 18.7. The molecule has 0 radical (unpaired) electrons. The number of rotatable bonds is 29. The quantitative estimate of drug-likeness (QED) is 0.0504. The molecule has 0 aliphatic carbocycles. The highest BCUT2D eigenvalue weighted by Crippen LogP contribution is 2.30. The molecule has 0 aliphatic heterocycles. The van der Waals surface area contributed by atoms with Crippen LogP contribution in [-0.2, 0) is 9.47 Å². The van der Waals surface area contributed by atoms with Gasteiger partial charge < -0.3 is 9.47 Å². The second kappa shape index (κ2) is 27.1. The molecular formula is C36H73ClO2. The van der Waals surface area contributed by atoms with Crippen LogP contribution >= 0.6 is 11.6 Å². The molecule has 236 valence electrons. The molecule has 0 spiro atoms. The Morgan fingerprint density at radius 2 is 0.795 bits per heavy atom. The van der Waals surface area contributed by atoms with Gasteiger partial charge in [-0.1, -0.05) is 93.9 Å². The largest absolute Gasteiger partial charge is 0.355 e. The van der Waals surface area contributed by atoms with Gasteiger partial charge in [-0.3, -0.25) is 0 Å². The maximum atomic E-state index is 5.87.